The predicted octanol–water partition coefficient (Wildman–Crippen LogP) is 0.852. The Bertz CT molecular complexity index is 470. The van der Waals surface area contributed by atoms with Crippen LogP contribution >= 0.6 is 12.2 Å². The number of benzene rings is 1. The van der Waals surface area contributed by atoms with Crippen molar-refractivity contribution in [3.8, 4) is 5.75 Å². The highest BCUT2D eigenvalue weighted by atomic mass is 32.1. The average Bonchev–Trinajstić information content (AvgIpc) is 2.96. The van der Waals surface area contributed by atoms with Gasteiger partial charge in [-0.05, 0) is 30.7 Å². The lowest BCUT2D eigenvalue weighted by Crippen LogP contribution is -2.33. The molecule has 0 spiro atoms. The fraction of sp³-hybridized carbons (Fsp3) is 0.429. The number of thiocarbonyl (C=S) groups is 1. The van der Waals surface area contributed by atoms with Crippen LogP contribution < -0.4 is 15.8 Å². The van der Waals surface area contributed by atoms with Crippen LogP contribution in [0, 0.1) is 5.92 Å². The third-order valence-corrected chi connectivity index (χ3v) is 3.36. The van der Waals surface area contributed by atoms with E-state index in [2.05, 4.69) is 5.32 Å². The molecule has 1 aromatic rings. The van der Waals surface area contributed by atoms with Crippen LogP contribution in [0.1, 0.15) is 12.0 Å². The van der Waals surface area contributed by atoms with Crippen LogP contribution in [0.2, 0.25) is 0 Å². The van der Waals surface area contributed by atoms with Gasteiger partial charge in [0.25, 0.3) is 5.91 Å². The second kappa shape index (κ2) is 7.21. The predicted molar refractivity (Wildman–Crippen MR) is 79.8 cm³/mol. The van der Waals surface area contributed by atoms with Crippen molar-refractivity contribution >= 4 is 23.1 Å². The number of hydrogen-bond acceptors (Lipinski definition) is 4. The molecule has 108 valence electrons. The molecule has 20 heavy (non-hydrogen) atoms. The molecule has 5 nitrogen and oxygen atoms in total. The van der Waals surface area contributed by atoms with E-state index in [0.29, 0.717) is 23.2 Å². The summed E-state index contributed by atoms with van der Waals surface area (Å²) in [5.41, 5.74) is 6.28. The SMILES string of the molecule is NC(=S)c1ccc(OCC(=O)NCC2CCOC2)cc1. The van der Waals surface area contributed by atoms with Crippen molar-refractivity contribution in [1.82, 2.24) is 5.32 Å². The van der Waals surface area contributed by atoms with Gasteiger partial charge in [-0.15, -0.1) is 0 Å². The van der Waals surface area contributed by atoms with Gasteiger partial charge < -0.3 is 20.5 Å². The van der Waals surface area contributed by atoms with E-state index in [-0.39, 0.29) is 12.5 Å². The first-order valence-corrected chi connectivity index (χ1v) is 6.93. The number of ether oxygens (including phenoxy) is 2. The van der Waals surface area contributed by atoms with Gasteiger partial charge in [-0.1, -0.05) is 12.2 Å². The number of nitrogens with one attached hydrogen (secondary N) is 1. The molecule has 1 aromatic carbocycles. The zero-order chi connectivity index (χ0) is 14.4. The van der Waals surface area contributed by atoms with E-state index in [1.807, 2.05) is 0 Å². The molecule has 1 unspecified atom stereocenters. The Hall–Kier alpha value is -1.66. The summed E-state index contributed by atoms with van der Waals surface area (Å²) in [4.78, 5) is 12.0. The molecule has 1 aliphatic rings. The van der Waals surface area contributed by atoms with E-state index < -0.39 is 0 Å². The van der Waals surface area contributed by atoms with Crippen LogP contribution in [-0.2, 0) is 9.53 Å². The lowest BCUT2D eigenvalue weighted by Gasteiger charge is -2.10. The smallest absolute Gasteiger partial charge is 0.257 e. The fourth-order valence-corrected chi connectivity index (χ4v) is 2.05. The van der Waals surface area contributed by atoms with Crippen LogP contribution in [0.15, 0.2) is 24.3 Å². The number of hydrogen-bond donors (Lipinski definition) is 2. The number of carbonyl (C=O) groups excluding carboxylic acids is 1. The Labute approximate surface area is 123 Å². The van der Waals surface area contributed by atoms with Crippen molar-refractivity contribution in [3.63, 3.8) is 0 Å². The zero-order valence-corrected chi connectivity index (χ0v) is 11.9. The Kier molecular flexibility index (Phi) is 5.31. The quantitative estimate of drug-likeness (QED) is 0.761. The van der Waals surface area contributed by atoms with E-state index in [4.69, 9.17) is 27.4 Å². The van der Waals surface area contributed by atoms with E-state index >= 15 is 0 Å². The second-order valence-electron chi connectivity index (χ2n) is 4.71. The highest BCUT2D eigenvalue weighted by Crippen LogP contribution is 2.12. The molecule has 0 aliphatic carbocycles. The summed E-state index contributed by atoms with van der Waals surface area (Å²) in [5.74, 6) is 0.906. The fourth-order valence-electron chi connectivity index (χ4n) is 1.92. The summed E-state index contributed by atoms with van der Waals surface area (Å²) in [6.07, 6.45) is 1.00. The number of nitrogens with two attached hydrogens (primary N) is 1. The molecule has 1 atom stereocenters. The molecule has 1 saturated heterocycles. The van der Waals surface area contributed by atoms with Gasteiger partial charge in [0.2, 0.25) is 0 Å². The average molecular weight is 294 g/mol. The maximum atomic E-state index is 11.6. The summed E-state index contributed by atoms with van der Waals surface area (Å²) in [6, 6.07) is 7.02. The van der Waals surface area contributed by atoms with Crippen molar-refractivity contribution in [2.45, 2.75) is 6.42 Å². The first kappa shape index (κ1) is 14.7. The number of carbonyl (C=O) groups is 1. The molecule has 1 heterocycles. The van der Waals surface area contributed by atoms with Gasteiger partial charge in [-0.3, -0.25) is 4.79 Å². The molecule has 1 aliphatic heterocycles. The molecule has 0 bridgehead atoms. The third-order valence-electron chi connectivity index (χ3n) is 3.12. The summed E-state index contributed by atoms with van der Waals surface area (Å²) in [7, 11) is 0. The topological polar surface area (TPSA) is 73.6 Å². The normalized spacial score (nSPS) is 17.7. The van der Waals surface area contributed by atoms with Gasteiger partial charge in [-0.2, -0.15) is 0 Å². The monoisotopic (exact) mass is 294 g/mol. The van der Waals surface area contributed by atoms with E-state index in [1.54, 1.807) is 24.3 Å². The van der Waals surface area contributed by atoms with Gasteiger partial charge in [0.1, 0.15) is 10.7 Å². The maximum absolute atomic E-state index is 11.6. The van der Waals surface area contributed by atoms with Gasteiger partial charge >= 0.3 is 0 Å². The van der Waals surface area contributed by atoms with Crippen molar-refractivity contribution in [3.05, 3.63) is 29.8 Å². The molecule has 2 rings (SSSR count). The number of rotatable bonds is 6. The lowest BCUT2D eigenvalue weighted by atomic mass is 10.1. The van der Waals surface area contributed by atoms with Crippen molar-refractivity contribution in [1.29, 1.82) is 0 Å². The second-order valence-corrected chi connectivity index (χ2v) is 5.15. The Balaban J connectivity index is 1.70. The van der Waals surface area contributed by atoms with Crippen LogP contribution in [0.5, 0.6) is 5.75 Å². The van der Waals surface area contributed by atoms with Gasteiger partial charge in [0.15, 0.2) is 6.61 Å². The van der Waals surface area contributed by atoms with E-state index in [9.17, 15) is 4.79 Å². The molecular formula is C14H18N2O3S. The van der Waals surface area contributed by atoms with Crippen LogP contribution in [0.4, 0.5) is 0 Å². The van der Waals surface area contributed by atoms with Crippen molar-refractivity contribution in [2.24, 2.45) is 11.7 Å². The lowest BCUT2D eigenvalue weighted by molar-refractivity contribution is -0.123. The molecule has 0 radical (unpaired) electrons. The van der Waals surface area contributed by atoms with Crippen LogP contribution in [0.3, 0.4) is 0 Å². The Morgan fingerprint density at radius 1 is 1.45 bits per heavy atom. The first-order chi connectivity index (χ1) is 9.65. The molecule has 1 fully saturated rings. The highest BCUT2D eigenvalue weighted by molar-refractivity contribution is 7.80. The largest absolute Gasteiger partial charge is 0.484 e. The Morgan fingerprint density at radius 3 is 2.80 bits per heavy atom. The molecule has 3 N–H and O–H groups in total. The van der Waals surface area contributed by atoms with Gasteiger partial charge in [0, 0.05) is 24.6 Å². The minimum absolute atomic E-state index is 0.00000472. The van der Waals surface area contributed by atoms with Gasteiger partial charge in [-0.25, -0.2) is 0 Å². The molecule has 0 aromatic heterocycles. The van der Waals surface area contributed by atoms with E-state index in [1.165, 1.54) is 0 Å². The molecule has 0 saturated carbocycles. The van der Waals surface area contributed by atoms with Crippen molar-refractivity contribution in [2.75, 3.05) is 26.4 Å². The molecule has 6 heteroatoms. The summed E-state index contributed by atoms with van der Waals surface area (Å²) >= 11 is 4.86. The molecular weight excluding hydrogens is 276 g/mol. The summed E-state index contributed by atoms with van der Waals surface area (Å²) < 4.78 is 10.6. The van der Waals surface area contributed by atoms with Crippen molar-refractivity contribution < 1.29 is 14.3 Å². The Morgan fingerprint density at radius 2 is 2.20 bits per heavy atom. The van der Waals surface area contributed by atoms with E-state index in [0.717, 1.165) is 25.2 Å². The zero-order valence-electron chi connectivity index (χ0n) is 11.1. The molecule has 1 amide bonds. The van der Waals surface area contributed by atoms with Gasteiger partial charge in [0.05, 0.1) is 6.61 Å². The van der Waals surface area contributed by atoms with Crippen LogP contribution in [-0.4, -0.2) is 37.3 Å². The van der Waals surface area contributed by atoms with Crippen LogP contribution in [0.25, 0.3) is 0 Å². The number of amides is 1. The highest BCUT2D eigenvalue weighted by Gasteiger charge is 2.16. The first-order valence-electron chi connectivity index (χ1n) is 6.52. The summed E-state index contributed by atoms with van der Waals surface area (Å²) in [5, 5.41) is 2.84. The minimum Gasteiger partial charge on any atom is -0.484 e. The standard InChI is InChI=1S/C14H18N2O3S/c15-14(20)11-1-3-12(4-2-11)19-9-13(17)16-7-10-5-6-18-8-10/h1-4,10H,5-9H2,(H2,15,20)(H,16,17). The summed E-state index contributed by atoms with van der Waals surface area (Å²) in [6.45, 7) is 2.15. The minimum atomic E-state index is -0.129. The maximum Gasteiger partial charge on any atom is 0.257 e. The third kappa shape index (κ3) is 4.47.